The van der Waals surface area contributed by atoms with Gasteiger partial charge in [-0.25, -0.2) is 0 Å². The Bertz CT molecular complexity index is 441. The molecule has 0 heterocycles. The van der Waals surface area contributed by atoms with Gasteiger partial charge < -0.3 is 4.74 Å². The first-order valence-corrected chi connectivity index (χ1v) is 9.26. The number of hydrogen-bond donors (Lipinski definition) is 0. The van der Waals surface area contributed by atoms with Crippen molar-refractivity contribution in [1.29, 1.82) is 0 Å². The summed E-state index contributed by atoms with van der Waals surface area (Å²) in [6.45, 7) is 17.2. The van der Waals surface area contributed by atoms with Crippen LogP contribution in [0, 0.1) is 27.2 Å². The summed E-state index contributed by atoms with van der Waals surface area (Å²) < 4.78 is 5.56. The van der Waals surface area contributed by atoms with Gasteiger partial charge in [0.05, 0.1) is 6.42 Å². The largest absolute Gasteiger partial charge is 0.461 e. The van der Waals surface area contributed by atoms with E-state index in [9.17, 15) is 0 Å². The van der Waals surface area contributed by atoms with Crippen molar-refractivity contribution >= 4 is 23.9 Å². The summed E-state index contributed by atoms with van der Waals surface area (Å²) in [5.74, 6) is 1.69. The zero-order chi connectivity index (χ0) is 19.2. The Morgan fingerprint density at radius 3 is 1.62 bits per heavy atom. The third-order valence-electron chi connectivity index (χ3n) is 2.73. The van der Waals surface area contributed by atoms with Crippen molar-refractivity contribution in [3.8, 4) is 5.75 Å². The summed E-state index contributed by atoms with van der Waals surface area (Å²) in [5, 5.41) is 0. The van der Waals surface area contributed by atoms with Crippen LogP contribution in [0.3, 0.4) is 0 Å². The Hall–Kier alpha value is -0.921. The molecule has 2 heteroatoms. The van der Waals surface area contributed by atoms with Crippen molar-refractivity contribution in [2.45, 2.75) is 59.3 Å². The molecule has 0 saturated carbocycles. The smallest absolute Gasteiger partial charge is 0.126 e. The topological polar surface area (TPSA) is 9.23 Å². The van der Waals surface area contributed by atoms with Crippen LogP contribution in [0.2, 0.25) is 0 Å². The van der Waals surface area contributed by atoms with E-state index in [1.807, 2.05) is 55.0 Å². The third-order valence-corrected chi connectivity index (χ3v) is 2.73. The predicted octanol–water partition coefficient (Wildman–Crippen LogP) is 7.36. The van der Waals surface area contributed by atoms with Gasteiger partial charge in [0, 0.05) is 23.9 Å². The Balaban J connectivity index is -0.000000342. The number of unbranched alkanes of at least 4 members (excludes halogenated alkanes) is 3. The number of benzene rings is 1. The molecule has 2 rings (SSSR count). The molecule has 0 saturated heterocycles. The summed E-state index contributed by atoms with van der Waals surface area (Å²) in [4.78, 5) is 0. The maximum absolute atomic E-state index is 5.56. The van der Waals surface area contributed by atoms with Gasteiger partial charge in [-0.2, -0.15) is 0 Å². The molecule has 0 aliphatic heterocycles. The van der Waals surface area contributed by atoms with Crippen LogP contribution in [-0.2, 0) is 0 Å². The third kappa shape index (κ3) is 23.1. The van der Waals surface area contributed by atoms with Crippen LogP contribution >= 0.6 is 0 Å². The van der Waals surface area contributed by atoms with E-state index >= 15 is 0 Å². The van der Waals surface area contributed by atoms with Crippen molar-refractivity contribution in [2.75, 3.05) is 0 Å². The summed E-state index contributed by atoms with van der Waals surface area (Å²) in [7, 11) is 0. The van der Waals surface area contributed by atoms with Crippen LogP contribution in [0.25, 0.3) is 0 Å². The zero-order valence-electron chi connectivity index (χ0n) is 17.0. The number of para-hydroxylation sites is 1. The molecule has 0 spiro atoms. The molecule has 1 nitrogen and oxygen atoms in total. The maximum atomic E-state index is 5.56. The van der Waals surface area contributed by atoms with E-state index in [0.29, 0.717) is 0 Å². The van der Waals surface area contributed by atoms with Gasteiger partial charge in [-0.15, -0.1) is 5.73 Å². The van der Waals surface area contributed by atoms with Crippen LogP contribution in [-0.4, -0.2) is 23.9 Å². The second-order valence-corrected chi connectivity index (χ2v) is 5.21. The van der Waals surface area contributed by atoms with Gasteiger partial charge in [0.1, 0.15) is 11.5 Å². The summed E-state index contributed by atoms with van der Waals surface area (Å²) >= 11 is 0. The van der Waals surface area contributed by atoms with Crippen molar-refractivity contribution in [1.82, 2.24) is 0 Å². The first kappa shape index (κ1) is 29.8. The van der Waals surface area contributed by atoms with Gasteiger partial charge in [0.2, 0.25) is 0 Å². The summed E-state index contributed by atoms with van der Waals surface area (Å²) in [6, 6.07) is 9.72. The van der Waals surface area contributed by atoms with E-state index in [2.05, 4.69) is 47.3 Å². The monoisotopic (exact) mass is 460 g/mol. The van der Waals surface area contributed by atoms with Crippen LogP contribution in [0.5, 0.6) is 5.75 Å². The molecule has 0 atom stereocenters. The van der Waals surface area contributed by atoms with E-state index in [4.69, 9.17) is 4.74 Å². The normalized spacial score (nSPS) is 10.5. The van der Waals surface area contributed by atoms with Gasteiger partial charge >= 0.3 is 0 Å². The fourth-order valence-electron chi connectivity index (χ4n) is 1.06. The Kier molecular flexibility index (Phi) is 30.2. The second-order valence-electron chi connectivity index (χ2n) is 5.21. The predicted molar refractivity (Wildman–Crippen MR) is 119 cm³/mol. The quantitative estimate of drug-likeness (QED) is 0.330. The average Bonchev–Trinajstić information content (AvgIpc) is 2.70. The van der Waals surface area contributed by atoms with Crippen molar-refractivity contribution in [3.63, 3.8) is 0 Å². The van der Waals surface area contributed by atoms with Gasteiger partial charge in [-0.1, -0.05) is 98.3 Å². The molecular formula is C24H36OSn. The van der Waals surface area contributed by atoms with Gasteiger partial charge in [-0.05, 0) is 30.4 Å². The van der Waals surface area contributed by atoms with Gasteiger partial charge in [0.25, 0.3) is 0 Å². The first-order valence-electron chi connectivity index (χ1n) is 9.26. The molecule has 1 aliphatic rings. The molecule has 0 bridgehead atoms. The number of hydrogen-bond acceptors (Lipinski definition) is 1. The Morgan fingerprint density at radius 1 is 0.808 bits per heavy atom. The first-order chi connectivity index (χ1) is 12.2. The van der Waals surface area contributed by atoms with Crippen molar-refractivity contribution in [3.05, 3.63) is 87.2 Å². The SMILES string of the molecule is C1=C[CH]C(Oc2ccccc2)=CC=1.[CH2]CCC.[CH2]CCC.[CH2]CCC.[Sn]. The fourth-order valence-corrected chi connectivity index (χ4v) is 1.06. The molecule has 0 fully saturated rings. The minimum Gasteiger partial charge on any atom is -0.461 e. The second kappa shape index (κ2) is 26.3. The standard InChI is InChI=1S/C12H9O.3C4H9.Sn/c1-3-7-11(8-4-1)13-12-9-5-2-6-10-12;3*1-3-4-2;/h1,3-10H;3*1,3-4H2,2H3;. The Morgan fingerprint density at radius 2 is 1.27 bits per heavy atom. The van der Waals surface area contributed by atoms with E-state index in [1.165, 1.54) is 19.3 Å². The maximum Gasteiger partial charge on any atom is 0.126 e. The van der Waals surface area contributed by atoms with Crippen LogP contribution in [0.1, 0.15) is 59.3 Å². The van der Waals surface area contributed by atoms with E-state index in [0.717, 1.165) is 30.8 Å². The molecule has 8 radical (unpaired) electrons. The molecule has 26 heavy (non-hydrogen) atoms. The number of ether oxygens (including phenoxy) is 1. The number of allylic oxidation sites excluding steroid dienone is 2. The molecule has 1 aromatic carbocycles. The molecule has 0 amide bonds. The number of rotatable bonds is 5. The summed E-state index contributed by atoms with van der Waals surface area (Å²) in [5.41, 5.74) is 2.94. The molecule has 1 aliphatic carbocycles. The average molecular weight is 459 g/mol. The van der Waals surface area contributed by atoms with Gasteiger partial charge in [-0.3, -0.25) is 0 Å². The van der Waals surface area contributed by atoms with E-state index in [-0.39, 0.29) is 23.9 Å². The van der Waals surface area contributed by atoms with E-state index < -0.39 is 0 Å². The van der Waals surface area contributed by atoms with Crippen LogP contribution in [0.4, 0.5) is 0 Å². The van der Waals surface area contributed by atoms with Crippen LogP contribution < -0.4 is 4.74 Å². The fraction of sp³-hybridized carbons (Fsp3) is 0.375. The molecule has 0 N–H and O–H groups in total. The molecule has 1 aromatic rings. The van der Waals surface area contributed by atoms with Crippen LogP contribution in [0.15, 0.2) is 60.1 Å². The molecule has 0 unspecified atom stereocenters. The molecule has 0 aromatic heterocycles. The van der Waals surface area contributed by atoms with E-state index in [1.54, 1.807) is 0 Å². The molecular weight excluding hydrogens is 423 g/mol. The van der Waals surface area contributed by atoms with Crippen molar-refractivity contribution < 1.29 is 4.74 Å². The molecule has 142 valence electrons. The van der Waals surface area contributed by atoms with Gasteiger partial charge in [0.15, 0.2) is 0 Å². The van der Waals surface area contributed by atoms with Crippen molar-refractivity contribution in [2.24, 2.45) is 0 Å². The Labute approximate surface area is 180 Å². The minimum absolute atomic E-state index is 0. The summed E-state index contributed by atoms with van der Waals surface area (Å²) in [6.07, 6.45) is 14.3. The zero-order valence-corrected chi connectivity index (χ0v) is 19.8. The minimum atomic E-state index is 0.